The van der Waals surface area contributed by atoms with Crippen LogP contribution >= 0.6 is 23.4 Å². The van der Waals surface area contributed by atoms with E-state index in [0.717, 1.165) is 16.9 Å². The molecule has 0 saturated heterocycles. The second-order valence-electron chi connectivity index (χ2n) is 6.47. The van der Waals surface area contributed by atoms with Crippen molar-refractivity contribution >= 4 is 29.3 Å². The van der Waals surface area contributed by atoms with Crippen molar-refractivity contribution in [2.24, 2.45) is 0 Å². The van der Waals surface area contributed by atoms with Crippen LogP contribution in [0.2, 0.25) is 5.02 Å². The summed E-state index contributed by atoms with van der Waals surface area (Å²) in [4.78, 5) is 12.1. The molecule has 3 nitrogen and oxygen atoms in total. The number of carbonyl (C=O) groups excluding carboxylic acids is 1. The van der Waals surface area contributed by atoms with Gasteiger partial charge in [-0.15, -0.1) is 11.8 Å². The molecule has 1 N–H and O–H groups in total. The summed E-state index contributed by atoms with van der Waals surface area (Å²) in [6.07, 6.45) is 0. The number of nitrogens with zero attached hydrogens (tertiary/aromatic N) is 1. The van der Waals surface area contributed by atoms with Crippen LogP contribution < -0.4 is 5.32 Å². The van der Waals surface area contributed by atoms with E-state index >= 15 is 0 Å². The highest BCUT2D eigenvalue weighted by molar-refractivity contribution is 7.99. The van der Waals surface area contributed by atoms with Crippen molar-refractivity contribution in [1.82, 2.24) is 5.32 Å². The van der Waals surface area contributed by atoms with Gasteiger partial charge < -0.3 is 5.32 Å². The number of nitriles is 1. The van der Waals surface area contributed by atoms with Crippen molar-refractivity contribution in [3.63, 3.8) is 0 Å². The third-order valence-corrected chi connectivity index (χ3v) is 5.19. The second-order valence-corrected chi connectivity index (χ2v) is 7.89. The predicted molar refractivity (Wildman–Crippen MR) is 105 cm³/mol. The van der Waals surface area contributed by atoms with Gasteiger partial charge in [0.25, 0.3) is 0 Å². The van der Waals surface area contributed by atoms with E-state index in [1.165, 1.54) is 0 Å². The van der Waals surface area contributed by atoms with E-state index in [-0.39, 0.29) is 11.3 Å². The topological polar surface area (TPSA) is 52.9 Å². The summed E-state index contributed by atoms with van der Waals surface area (Å²) in [5, 5.41) is 12.5. The van der Waals surface area contributed by atoms with Crippen LogP contribution in [0.1, 0.15) is 30.5 Å². The maximum atomic E-state index is 12.1. The smallest absolute Gasteiger partial charge is 0.230 e. The zero-order valence-corrected chi connectivity index (χ0v) is 16.0. The van der Waals surface area contributed by atoms with Crippen LogP contribution in [0.3, 0.4) is 0 Å². The first-order valence-corrected chi connectivity index (χ1v) is 9.53. The number of thioether (sulfide) groups is 1. The number of rotatable bonds is 7. The highest BCUT2D eigenvalue weighted by atomic mass is 35.5. The molecule has 0 aliphatic heterocycles. The Morgan fingerprint density at radius 1 is 1.16 bits per heavy atom. The summed E-state index contributed by atoms with van der Waals surface area (Å²) in [5.41, 5.74) is 2.74. The summed E-state index contributed by atoms with van der Waals surface area (Å²) in [5.74, 6) is 1.19. The van der Waals surface area contributed by atoms with E-state index in [9.17, 15) is 4.79 Å². The Morgan fingerprint density at radius 2 is 1.80 bits per heavy atom. The lowest BCUT2D eigenvalue weighted by atomic mass is 9.84. The van der Waals surface area contributed by atoms with Crippen LogP contribution in [0.5, 0.6) is 0 Å². The van der Waals surface area contributed by atoms with Crippen LogP contribution in [0, 0.1) is 11.3 Å². The molecule has 1 amide bonds. The fourth-order valence-electron chi connectivity index (χ4n) is 2.31. The van der Waals surface area contributed by atoms with E-state index in [0.29, 0.717) is 22.9 Å². The monoisotopic (exact) mass is 372 g/mol. The van der Waals surface area contributed by atoms with Crippen LogP contribution in [-0.4, -0.2) is 18.2 Å². The van der Waals surface area contributed by atoms with Crippen LogP contribution in [0.4, 0.5) is 0 Å². The minimum atomic E-state index is -0.155. The quantitative estimate of drug-likeness (QED) is 0.776. The lowest BCUT2D eigenvalue weighted by Crippen LogP contribution is -2.37. The number of halogens is 1. The molecule has 25 heavy (non-hydrogen) atoms. The molecule has 0 bridgehead atoms. The molecule has 0 saturated carbocycles. The van der Waals surface area contributed by atoms with Gasteiger partial charge in [-0.25, -0.2) is 0 Å². The average Bonchev–Trinajstić information content (AvgIpc) is 2.61. The summed E-state index contributed by atoms with van der Waals surface area (Å²) < 4.78 is 0. The summed E-state index contributed by atoms with van der Waals surface area (Å²) in [6, 6.07) is 17.3. The molecule has 0 spiro atoms. The molecule has 0 aliphatic rings. The molecule has 5 heteroatoms. The number of hydrogen-bond donors (Lipinski definition) is 1. The average molecular weight is 373 g/mol. The predicted octanol–water partition coefficient (Wildman–Crippen LogP) is 4.54. The molecule has 0 radical (unpaired) electrons. The zero-order valence-electron chi connectivity index (χ0n) is 14.4. The molecule has 2 aromatic rings. The van der Waals surface area contributed by atoms with Gasteiger partial charge >= 0.3 is 0 Å². The van der Waals surface area contributed by atoms with Gasteiger partial charge in [0, 0.05) is 22.7 Å². The summed E-state index contributed by atoms with van der Waals surface area (Å²) in [7, 11) is 0. The SMILES string of the molecule is CC(C)(CNC(=O)CSCc1ccc(C#N)cc1)c1ccc(Cl)cc1. The van der Waals surface area contributed by atoms with Crippen molar-refractivity contribution in [3.05, 3.63) is 70.2 Å². The Bertz CT molecular complexity index is 749. The molecule has 0 fully saturated rings. The molecule has 0 unspecified atom stereocenters. The van der Waals surface area contributed by atoms with Gasteiger partial charge in [-0.05, 0) is 35.4 Å². The van der Waals surface area contributed by atoms with Crippen molar-refractivity contribution in [2.75, 3.05) is 12.3 Å². The first-order valence-electron chi connectivity index (χ1n) is 8.00. The van der Waals surface area contributed by atoms with Gasteiger partial charge in [0.1, 0.15) is 0 Å². The maximum absolute atomic E-state index is 12.1. The Hall–Kier alpha value is -1.96. The van der Waals surface area contributed by atoms with Crippen molar-refractivity contribution in [1.29, 1.82) is 5.26 Å². The van der Waals surface area contributed by atoms with Gasteiger partial charge in [0.05, 0.1) is 17.4 Å². The fourth-order valence-corrected chi connectivity index (χ4v) is 3.25. The highest BCUT2D eigenvalue weighted by Crippen LogP contribution is 2.24. The van der Waals surface area contributed by atoms with Gasteiger partial charge in [-0.2, -0.15) is 5.26 Å². The van der Waals surface area contributed by atoms with Crippen LogP contribution in [0.15, 0.2) is 48.5 Å². The minimum absolute atomic E-state index is 0.0284. The van der Waals surface area contributed by atoms with Crippen molar-refractivity contribution in [3.8, 4) is 6.07 Å². The number of nitrogens with one attached hydrogen (secondary N) is 1. The number of carbonyl (C=O) groups is 1. The standard InChI is InChI=1S/C20H21ClN2OS/c1-20(2,17-7-9-18(21)10-8-17)14-23-19(24)13-25-12-16-5-3-15(11-22)4-6-16/h3-10H,12-14H2,1-2H3,(H,23,24). The van der Waals surface area contributed by atoms with E-state index in [4.69, 9.17) is 16.9 Å². The number of benzene rings is 2. The first-order chi connectivity index (χ1) is 11.9. The normalized spacial score (nSPS) is 11.0. The van der Waals surface area contributed by atoms with E-state index in [2.05, 4.69) is 25.2 Å². The molecule has 2 aromatic carbocycles. The molecule has 0 aliphatic carbocycles. The van der Waals surface area contributed by atoms with Gasteiger partial charge in [0.15, 0.2) is 0 Å². The van der Waals surface area contributed by atoms with Crippen molar-refractivity contribution < 1.29 is 4.79 Å². The third kappa shape index (κ3) is 6.12. The molecule has 0 aromatic heterocycles. The minimum Gasteiger partial charge on any atom is -0.355 e. The maximum Gasteiger partial charge on any atom is 0.230 e. The van der Waals surface area contributed by atoms with E-state index in [1.54, 1.807) is 23.9 Å². The van der Waals surface area contributed by atoms with Crippen LogP contribution in [-0.2, 0) is 16.0 Å². The molecule has 0 heterocycles. The molecule has 2 rings (SSSR count). The van der Waals surface area contributed by atoms with E-state index in [1.807, 2.05) is 36.4 Å². The van der Waals surface area contributed by atoms with E-state index < -0.39 is 0 Å². The zero-order chi connectivity index (χ0) is 18.3. The Morgan fingerprint density at radius 3 is 2.40 bits per heavy atom. The first kappa shape index (κ1) is 19.4. The largest absolute Gasteiger partial charge is 0.355 e. The van der Waals surface area contributed by atoms with Gasteiger partial charge in [0.2, 0.25) is 5.91 Å². The van der Waals surface area contributed by atoms with Crippen molar-refractivity contribution in [2.45, 2.75) is 25.0 Å². The molecular formula is C20H21ClN2OS. The van der Waals surface area contributed by atoms with Gasteiger partial charge in [-0.1, -0.05) is 49.7 Å². The lowest BCUT2D eigenvalue weighted by molar-refractivity contribution is -0.118. The lowest BCUT2D eigenvalue weighted by Gasteiger charge is -2.25. The molecular weight excluding hydrogens is 352 g/mol. The van der Waals surface area contributed by atoms with Crippen LogP contribution in [0.25, 0.3) is 0 Å². The highest BCUT2D eigenvalue weighted by Gasteiger charge is 2.21. The Labute approximate surface area is 158 Å². The fraction of sp³-hybridized carbons (Fsp3) is 0.300. The third-order valence-electron chi connectivity index (χ3n) is 3.94. The number of hydrogen-bond acceptors (Lipinski definition) is 3. The van der Waals surface area contributed by atoms with Gasteiger partial charge in [-0.3, -0.25) is 4.79 Å². The Kier molecular flexibility index (Phi) is 6.92. The second kappa shape index (κ2) is 8.94. The Balaban J connectivity index is 1.76. The molecule has 130 valence electrons. The molecule has 0 atom stereocenters. The number of amides is 1. The summed E-state index contributed by atoms with van der Waals surface area (Å²) in [6.45, 7) is 4.77. The summed E-state index contributed by atoms with van der Waals surface area (Å²) >= 11 is 7.49.